The van der Waals surface area contributed by atoms with Crippen molar-refractivity contribution in [1.82, 2.24) is 10.3 Å². The number of carboxylic acids is 1. The number of aryl methyl sites for hydroxylation is 1. The maximum atomic E-state index is 12.2. The third kappa shape index (κ3) is 4.30. The fourth-order valence-corrected chi connectivity index (χ4v) is 2.09. The molecule has 0 saturated heterocycles. The van der Waals surface area contributed by atoms with Crippen molar-refractivity contribution in [2.75, 3.05) is 0 Å². The largest absolute Gasteiger partial charge is 0.481 e. The first-order chi connectivity index (χ1) is 10.5. The molecule has 2 aromatic rings. The number of amides is 1. The molecule has 0 aliphatic rings. The SMILES string of the molecule is Cc1ccc(C(=O)N[C@@H](CC(=O)O)c2ccc(Cl)cc2)cn1. The monoisotopic (exact) mass is 318 g/mol. The summed E-state index contributed by atoms with van der Waals surface area (Å²) < 4.78 is 0. The highest BCUT2D eigenvalue weighted by atomic mass is 35.5. The average Bonchev–Trinajstić information content (AvgIpc) is 2.47. The van der Waals surface area contributed by atoms with E-state index in [9.17, 15) is 9.59 Å². The molecular formula is C16H15ClN2O3. The molecule has 0 fully saturated rings. The van der Waals surface area contributed by atoms with Crippen molar-refractivity contribution in [3.8, 4) is 0 Å². The Morgan fingerprint density at radius 3 is 2.45 bits per heavy atom. The van der Waals surface area contributed by atoms with Gasteiger partial charge in [-0.25, -0.2) is 0 Å². The standard InChI is InChI=1S/C16H15ClN2O3/c1-10-2-3-12(9-18-10)16(22)19-14(8-15(20)21)11-4-6-13(17)7-5-11/h2-7,9,14H,8H2,1H3,(H,19,22)(H,20,21)/t14-/m0/s1. The predicted molar refractivity (Wildman–Crippen MR) is 82.9 cm³/mol. The normalized spacial score (nSPS) is 11.7. The number of aromatic nitrogens is 1. The van der Waals surface area contributed by atoms with Gasteiger partial charge in [0.15, 0.2) is 0 Å². The maximum Gasteiger partial charge on any atom is 0.305 e. The third-order valence-corrected chi connectivity index (χ3v) is 3.38. The van der Waals surface area contributed by atoms with E-state index in [0.29, 0.717) is 16.1 Å². The van der Waals surface area contributed by atoms with Crippen LogP contribution >= 0.6 is 11.6 Å². The summed E-state index contributed by atoms with van der Waals surface area (Å²) in [6, 6.07) is 9.45. The minimum absolute atomic E-state index is 0.216. The van der Waals surface area contributed by atoms with Crippen molar-refractivity contribution in [2.45, 2.75) is 19.4 Å². The van der Waals surface area contributed by atoms with Crippen molar-refractivity contribution in [2.24, 2.45) is 0 Å². The number of hydrogen-bond acceptors (Lipinski definition) is 3. The fraction of sp³-hybridized carbons (Fsp3) is 0.188. The number of nitrogens with one attached hydrogen (secondary N) is 1. The Hall–Kier alpha value is -2.40. The minimum atomic E-state index is -0.998. The van der Waals surface area contributed by atoms with E-state index >= 15 is 0 Å². The molecule has 6 heteroatoms. The number of carbonyl (C=O) groups is 2. The molecule has 1 atom stereocenters. The highest BCUT2D eigenvalue weighted by Gasteiger charge is 2.19. The quantitative estimate of drug-likeness (QED) is 0.888. The third-order valence-electron chi connectivity index (χ3n) is 3.13. The molecule has 0 spiro atoms. The van der Waals surface area contributed by atoms with Crippen molar-refractivity contribution in [3.05, 3.63) is 64.4 Å². The molecule has 5 nitrogen and oxygen atoms in total. The number of nitrogens with zero attached hydrogens (tertiary/aromatic N) is 1. The van der Waals surface area contributed by atoms with Gasteiger partial charge in [0.2, 0.25) is 0 Å². The number of pyridine rings is 1. The van der Waals surface area contributed by atoms with Crippen molar-refractivity contribution >= 4 is 23.5 Å². The van der Waals surface area contributed by atoms with Gasteiger partial charge in [-0.15, -0.1) is 0 Å². The first kappa shape index (κ1) is 16.0. The van der Waals surface area contributed by atoms with Crippen LogP contribution in [0, 0.1) is 6.92 Å². The van der Waals surface area contributed by atoms with Gasteiger partial charge in [-0.05, 0) is 36.8 Å². The number of aliphatic carboxylic acids is 1. The van der Waals surface area contributed by atoms with Gasteiger partial charge in [0, 0.05) is 16.9 Å². The van der Waals surface area contributed by atoms with Crippen LogP contribution in [0.5, 0.6) is 0 Å². The van der Waals surface area contributed by atoms with Gasteiger partial charge in [-0.3, -0.25) is 14.6 Å². The summed E-state index contributed by atoms with van der Waals surface area (Å²) in [4.78, 5) is 27.3. The first-order valence-corrected chi connectivity index (χ1v) is 7.04. The Morgan fingerprint density at radius 1 is 1.23 bits per heavy atom. The van der Waals surface area contributed by atoms with E-state index < -0.39 is 12.0 Å². The lowest BCUT2D eigenvalue weighted by Crippen LogP contribution is -2.30. The van der Waals surface area contributed by atoms with Crippen LogP contribution in [0.15, 0.2) is 42.6 Å². The molecule has 2 rings (SSSR count). The van der Waals surface area contributed by atoms with Gasteiger partial charge in [0.25, 0.3) is 5.91 Å². The second-order valence-corrected chi connectivity index (χ2v) is 5.30. The molecule has 0 unspecified atom stereocenters. The zero-order chi connectivity index (χ0) is 16.1. The van der Waals surface area contributed by atoms with Crippen LogP contribution in [0.3, 0.4) is 0 Å². The van der Waals surface area contributed by atoms with Crippen molar-refractivity contribution in [1.29, 1.82) is 0 Å². The number of carboxylic acid groups (broad SMARTS) is 1. The summed E-state index contributed by atoms with van der Waals surface area (Å²) in [5, 5.41) is 12.3. The number of carbonyl (C=O) groups excluding carboxylic acids is 1. The predicted octanol–water partition coefficient (Wildman–Crippen LogP) is 2.99. The molecule has 1 aromatic carbocycles. The molecule has 114 valence electrons. The van der Waals surface area contributed by atoms with Gasteiger partial charge in [-0.2, -0.15) is 0 Å². The highest BCUT2D eigenvalue weighted by Crippen LogP contribution is 2.20. The smallest absolute Gasteiger partial charge is 0.305 e. The maximum absolute atomic E-state index is 12.2. The van der Waals surface area contributed by atoms with Crippen molar-refractivity contribution < 1.29 is 14.7 Å². The molecule has 1 aromatic heterocycles. The van der Waals surface area contributed by atoms with E-state index in [1.165, 1.54) is 6.20 Å². The van der Waals surface area contributed by atoms with Crippen LogP contribution in [0.25, 0.3) is 0 Å². The fourth-order valence-electron chi connectivity index (χ4n) is 1.97. The van der Waals surface area contributed by atoms with Gasteiger partial charge in [0.1, 0.15) is 0 Å². The Bertz CT molecular complexity index is 669. The summed E-state index contributed by atoms with van der Waals surface area (Å²) >= 11 is 5.83. The van der Waals surface area contributed by atoms with Gasteiger partial charge in [-0.1, -0.05) is 23.7 Å². The molecular weight excluding hydrogens is 304 g/mol. The topological polar surface area (TPSA) is 79.3 Å². The molecule has 0 bridgehead atoms. The lowest BCUT2D eigenvalue weighted by molar-refractivity contribution is -0.137. The van der Waals surface area contributed by atoms with E-state index in [4.69, 9.17) is 16.7 Å². The number of rotatable bonds is 5. The summed E-state index contributed by atoms with van der Waals surface area (Å²) in [6.07, 6.45) is 1.25. The second-order valence-electron chi connectivity index (χ2n) is 4.86. The van der Waals surface area contributed by atoms with Crippen LogP contribution in [0.2, 0.25) is 5.02 Å². The molecule has 2 N–H and O–H groups in total. The highest BCUT2D eigenvalue weighted by molar-refractivity contribution is 6.30. The van der Waals surface area contributed by atoms with E-state index in [1.807, 2.05) is 6.92 Å². The molecule has 1 heterocycles. The second kappa shape index (κ2) is 7.04. The number of hydrogen-bond donors (Lipinski definition) is 2. The Morgan fingerprint density at radius 2 is 1.91 bits per heavy atom. The number of halogens is 1. The molecule has 0 saturated carbocycles. The van der Waals surface area contributed by atoms with E-state index in [0.717, 1.165) is 5.69 Å². The van der Waals surface area contributed by atoms with Crippen molar-refractivity contribution in [3.63, 3.8) is 0 Å². The summed E-state index contributed by atoms with van der Waals surface area (Å²) in [5.41, 5.74) is 1.87. The van der Waals surface area contributed by atoms with Crippen LogP contribution in [-0.2, 0) is 4.79 Å². The minimum Gasteiger partial charge on any atom is -0.481 e. The molecule has 1 amide bonds. The number of benzene rings is 1. The molecule has 0 aliphatic carbocycles. The summed E-state index contributed by atoms with van der Waals surface area (Å²) in [6.45, 7) is 1.82. The van der Waals surface area contributed by atoms with Crippen LogP contribution in [-0.4, -0.2) is 22.0 Å². The van der Waals surface area contributed by atoms with Crippen LogP contribution in [0.4, 0.5) is 0 Å². The van der Waals surface area contributed by atoms with E-state index in [-0.39, 0.29) is 12.3 Å². The average molecular weight is 319 g/mol. The van der Waals surface area contributed by atoms with Crippen LogP contribution < -0.4 is 5.32 Å². The Kier molecular flexibility index (Phi) is 5.12. The molecule has 0 radical (unpaired) electrons. The molecule has 0 aliphatic heterocycles. The summed E-state index contributed by atoms with van der Waals surface area (Å²) in [5.74, 6) is -1.36. The molecule has 22 heavy (non-hydrogen) atoms. The zero-order valence-electron chi connectivity index (χ0n) is 11.9. The lowest BCUT2D eigenvalue weighted by atomic mass is 10.0. The Balaban J connectivity index is 2.19. The lowest BCUT2D eigenvalue weighted by Gasteiger charge is -2.17. The zero-order valence-corrected chi connectivity index (χ0v) is 12.7. The van der Waals surface area contributed by atoms with Gasteiger partial charge >= 0.3 is 5.97 Å². The first-order valence-electron chi connectivity index (χ1n) is 6.66. The van der Waals surface area contributed by atoms with Crippen LogP contribution in [0.1, 0.15) is 34.1 Å². The van der Waals surface area contributed by atoms with Gasteiger partial charge in [0.05, 0.1) is 18.0 Å². The van der Waals surface area contributed by atoms with E-state index in [1.54, 1.807) is 36.4 Å². The Labute approximate surface area is 133 Å². The summed E-state index contributed by atoms with van der Waals surface area (Å²) in [7, 11) is 0. The van der Waals surface area contributed by atoms with E-state index in [2.05, 4.69) is 10.3 Å². The van der Waals surface area contributed by atoms with Gasteiger partial charge < -0.3 is 10.4 Å².